The fourth-order valence-corrected chi connectivity index (χ4v) is 4.85. The first-order valence-electron chi connectivity index (χ1n) is 13.7. The molecule has 2 bridgehead atoms. The number of hydrogen-bond acceptors (Lipinski definition) is 5. The Morgan fingerprint density at radius 3 is 2.39 bits per heavy atom. The molecule has 0 spiro atoms. The maximum absolute atomic E-state index is 13.5. The number of ether oxygens (including phenoxy) is 1. The van der Waals surface area contributed by atoms with Crippen molar-refractivity contribution in [2.24, 2.45) is 5.92 Å². The summed E-state index contributed by atoms with van der Waals surface area (Å²) in [6, 6.07) is 4.91. The number of likely N-dealkylation sites (N-methyl/N-ethyl adjacent to an activating group) is 1. The second-order valence-electron chi connectivity index (χ2n) is 10.5. The largest absolute Gasteiger partial charge is 0.444 e. The van der Waals surface area contributed by atoms with Gasteiger partial charge in [0.1, 0.15) is 11.9 Å². The molecule has 1 aromatic rings. The van der Waals surface area contributed by atoms with Crippen LogP contribution in [0.2, 0.25) is 0 Å². The Hall–Kier alpha value is -3.29. The molecule has 2 aliphatic heterocycles. The minimum atomic E-state index is -0.775. The van der Waals surface area contributed by atoms with E-state index in [1.807, 2.05) is 59.8 Å². The summed E-state index contributed by atoms with van der Waals surface area (Å²) < 4.78 is 6.97. The third kappa shape index (κ3) is 7.85. The molecule has 8 nitrogen and oxygen atoms in total. The van der Waals surface area contributed by atoms with Crippen LogP contribution in [0.3, 0.4) is 0 Å². The van der Waals surface area contributed by atoms with Gasteiger partial charge in [0, 0.05) is 39.1 Å². The van der Waals surface area contributed by atoms with Crippen molar-refractivity contribution in [3.05, 3.63) is 41.0 Å². The lowest BCUT2D eigenvalue weighted by atomic mass is 9.85. The van der Waals surface area contributed by atoms with E-state index in [0.29, 0.717) is 24.6 Å². The second kappa shape index (κ2) is 14.0. The Morgan fingerprint density at radius 1 is 1.18 bits per heavy atom. The van der Waals surface area contributed by atoms with E-state index >= 15 is 0 Å². The van der Waals surface area contributed by atoms with E-state index in [9.17, 15) is 19.2 Å². The van der Waals surface area contributed by atoms with Gasteiger partial charge in [-0.2, -0.15) is 4.58 Å². The number of carbonyl (C=O) groups is 4. The number of carbonyl (C=O) groups excluding carboxylic acids is 4. The van der Waals surface area contributed by atoms with Gasteiger partial charge in [-0.15, -0.1) is 0 Å². The Bertz CT molecular complexity index is 1080. The van der Waals surface area contributed by atoms with E-state index < -0.39 is 11.6 Å². The molecule has 8 heteroatoms. The maximum Gasteiger partial charge on any atom is 0.420 e. The minimum absolute atomic E-state index is 0.182. The van der Waals surface area contributed by atoms with Gasteiger partial charge in [-0.25, -0.2) is 9.59 Å². The van der Waals surface area contributed by atoms with Gasteiger partial charge in [0.05, 0.1) is 5.56 Å². The van der Waals surface area contributed by atoms with Gasteiger partial charge in [-0.1, -0.05) is 26.0 Å². The van der Waals surface area contributed by atoms with Crippen molar-refractivity contribution in [2.45, 2.75) is 85.3 Å². The third-order valence-corrected chi connectivity index (χ3v) is 6.80. The van der Waals surface area contributed by atoms with E-state index in [-0.39, 0.29) is 30.7 Å². The van der Waals surface area contributed by atoms with Crippen LogP contribution in [0.15, 0.2) is 24.3 Å². The first-order chi connectivity index (χ1) is 18.1. The third-order valence-electron chi connectivity index (χ3n) is 6.80. The number of rotatable bonds is 7. The molecular weight excluding hydrogens is 482 g/mol. The van der Waals surface area contributed by atoms with Crippen LogP contribution < -0.4 is 5.32 Å². The number of fused-ring (bicyclic) bond motifs is 2. The van der Waals surface area contributed by atoms with Crippen LogP contribution in [-0.2, 0) is 14.3 Å². The summed E-state index contributed by atoms with van der Waals surface area (Å²) in [6.07, 6.45) is 7.06. The van der Waals surface area contributed by atoms with Gasteiger partial charge in [0.2, 0.25) is 6.04 Å². The highest BCUT2D eigenvalue weighted by Gasteiger charge is 2.36. The highest BCUT2D eigenvalue weighted by Crippen LogP contribution is 2.33. The van der Waals surface area contributed by atoms with E-state index in [0.717, 1.165) is 42.2 Å². The molecule has 38 heavy (non-hydrogen) atoms. The van der Waals surface area contributed by atoms with Crippen molar-refractivity contribution in [1.29, 1.82) is 0 Å². The van der Waals surface area contributed by atoms with Gasteiger partial charge < -0.3 is 19.7 Å². The van der Waals surface area contributed by atoms with Crippen molar-refractivity contribution >= 4 is 36.0 Å². The predicted octanol–water partition coefficient (Wildman–Crippen LogP) is 4.77. The van der Waals surface area contributed by atoms with Crippen LogP contribution >= 0.6 is 0 Å². The standard InChI is InChI=1S/C28H37N3O5.C2H6/c1-19-22-8-6-9-23(19)26(34)31(24(10-7-17-32)25(33)29-5)16-13-21(22)18-20-11-14-30(15-12-20)27(35)36-28(2,3)4;1-2/h6,8-9,13,16-17,20,24H,7,10-12,14-15,18H2,1-5H3;1-2H3/p+1/b21-13-,31-16?;. The fraction of sp³-hybridized carbons (Fsp3) is 0.567. The molecule has 2 heterocycles. The molecule has 1 atom stereocenters. The van der Waals surface area contributed by atoms with Gasteiger partial charge >= 0.3 is 12.0 Å². The van der Waals surface area contributed by atoms with Gasteiger partial charge in [-0.05, 0) is 75.6 Å². The lowest BCUT2D eigenvalue weighted by Gasteiger charge is -2.34. The highest BCUT2D eigenvalue weighted by atomic mass is 16.6. The summed E-state index contributed by atoms with van der Waals surface area (Å²) in [7, 11) is 1.53. The second-order valence-corrected chi connectivity index (χ2v) is 10.5. The van der Waals surface area contributed by atoms with Crippen molar-refractivity contribution in [3.63, 3.8) is 0 Å². The summed E-state index contributed by atoms with van der Waals surface area (Å²) in [5.41, 5.74) is 3.03. The lowest BCUT2D eigenvalue weighted by Crippen LogP contribution is -2.44. The van der Waals surface area contributed by atoms with E-state index in [2.05, 4.69) is 5.32 Å². The molecule has 2 aliphatic rings. The summed E-state index contributed by atoms with van der Waals surface area (Å²) in [4.78, 5) is 51.3. The Labute approximate surface area is 227 Å². The molecule has 208 valence electrons. The number of piperidine rings is 1. The van der Waals surface area contributed by atoms with Crippen molar-refractivity contribution < 1.29 is 28.5 Å². The molecule has 0 aliphatic carbocycles. The quantitative estimate of drug-likeness (QED) is 0.408. The summed E-state index contributed by atoms with van der Waals surface area (Å²) >= 11 is 0. The van der Waals surface area contributed by atoms with Crippen LogP contribution in [-0.4, -0.2) is 71.7 Å². The zero-order chi connectivity index (χ0) is 28.5. The molecule has 0 saturated carbocycles. The van der Waals surface area contributed by atoms with Crippen molar-refractivity contribution in [3.8, 4) is 0 Å². The van der Waals surface area contributed by atoms with E-state index in [1.54, 1.807) is 17.2 Å². The van der Waals surface area contributed by atoms with E-state index in [4.69, 9.17) is 4.74 Å². The van der Waals surface area contributed by atoms with Crippen molar-refractivity contribution in [1.82, 2.24) is 10.2 Å². The molecule has 1 unspecified atom stereocenters. The molecule has 0 radical (unpaired) electrons. The number of nitrogens with one attached hydrogen (secondary N) is 1. The molecular formula is C30H44N3O5+. The van der Waals surface area contributed by atoms with E-state index in [1.165, 1.54) is 11.6 Å². The summed E-state index contributed by atoms with van der Waals surface area (Å²) in [6.45, 7) is 12.8. The SMILES string of the molecule is CC.CNC(=O)C(CCC=O)[N+]1=C/C=C(/CC2CCN(C(=O)OC(C)(C)C)CC2)c2cccc(c2C)C1=O. The monoisotopic (exact) mass is 526 g/mol. The summed E-state index contributed by atoms with van der Waals surface area (Å²) in [5.74, 6) is -0.185. The van der Waals surface area contributed by atoms with Crippen LogP contribution in [0.5, 0.6) is 0 Å². The topological polar surface area (TPSA) is 95.8 Å². The normalized spacial score (nSPS) is 18.0. The maximum atomic E-state index is 13.5. The number of allylic oxidation sites excluding steroid dienone is 2. The average molecular weight is 527 g/mol. The molecule has 0 aromatic heterocycles. The Kier molecular flexibility index (Phi) is 11.4. The molecule has 1 saturated heterocycles. The molecule has 1 N–H and O–H groups in total. The van der Waals surface area contributed by atoms with Gasteiger partial charge in [0.25, 0.3) is 5.91 Å². The molecule has 3 amide bonds. The summed E-state index contributed by atoms with van der Waals surface area (Å²) in [5, 5.41) is 2.62. The number of nitrogens with zero attached hydrogens (tertiary/aromatic N) is 2. The zero-order valence-corrected chi connectivity index (χ0v) is 24.0. The Morgan fingerprint density at radius 2 is 1.82 bits per heavy atom. The van der Waals surface area contributed by atoms with Gasteiger partial charge in [0.15, 0.2) is 6.21 Å². The van der Waals surface area contributed by atoms with Crippen LogP contribution in [0.4, 0.5) is 4.79 Å². The minimum Gasteiger partial charge on any atom is -0.444 e. The number of aldehydes is 1. The zero-order valence-electron chi connectivity index (χ0n) is 24.0. The smallest absolute Gasteiger partial charge is 0.420 e. The van der Waals surface area contributed by atoms with Crippen LogP contribution in [0.1, 0.15) is 88.2 Å². The predicted molar refractivity (Wildman–Crippen MR) is 149 cm³/mol. The first kappa shape index (κ1) is 30.9. The van der Waals surface area contributed by atoms with Crippen LogP contribution in [0.25, 0.3) is 5.57 Å². The number of amides is 3. The Balaban J connectivity index is 0.00000247. The molecule has 3 rings (SSSR count). The number of benzene rings is 1. The van der Waals surface area contributed by atoms with Crippen molar-refractivity contribution in [2.75, 3.05) is 20.1 Å². The number of hydrogen-bond donors (Lipinski definition) is 1. The molecule has 1 fully saturated rings. The van der Waals surface area contributed by atoms with Gasteiger partial charge in [-0.3, -0.25) is 4.79 Å². The number of likely N-dealkylation sites (tertiary alicyclic amines) is 1. The highest BCUT2D eigenvalue weighted by molar-refractivity contribution is 5.99. The lowest BCUT2D eigenvalue weighted by molar-refractivity contribution is -0.453. The first-order valence-corrected chi connectivity index (χ1v) is 13.7. The average Bonchev–Trinajstić information content (AvgIpc) is 2.89. The molecule has 1 aromatic carbocycles. The fourth-order valence-electron chi connectivity index (χ4n) is 4.85. The van der Waals surface area contributed by atoms with Crippen LogP contribution in [0, 0.1) is 12.8 Å².